The first-order chi connectivity index (χ1) is 15.8. The van der Waals surface area contributed by atoms with Crippen molar-refractivity contribution in [2.45, 2.75) is 20.0 Å². The first-order valence-corrected chi connectivity index (χ1v) is 12.8. The molecule has 2 aromatic rings. The molecule has 0 atom stereocenters. The van der Waals surface area contributed by atoms with Gasteiger partial charge in [-0.25, -0.2) is 0 Å². The molecule has 0 saturated carbocycles. The largest absolute Gasteiger partial charge is 0.490 e. The summed E-state index contributed by atoms with van der Waals surface area (Å²) in [5.74, 6) is 0.820. The van der Waals surface area contributed by atoms with Gasteiger partial charge in [-0.2, -0.15) is 0 Å². The molecule has 1 fully saturated rings. The molecule has 1 heterocycles. The third-order valence-corrected chi connectivity index (χ3v) is 6.92. The second-order valence-corrected chi connectivity index (χ2v) is 9.97. The number of imide groups is 1. The van der Waals surface area contributed by atoms with Crippen LogP contribution >= 0.6 is 57.6 Å². The molecule has 2 aromatic carbocycles. The number of hydrogen-bond donors (Lipinski definition) is 0. The lowest BCUT2D eigenvalue weighted by Crippen LogP contribution is -2.29. The Balaban J connectivity index is 1.81. The van der Waals surface area contributed by atoms with Gasteiger partial charge in [0.25, 0.3) is 11.1 Å². The third-order valence-electron chi connectivity index (χ3n) is 4.62. The van der Waals surface area contributed by atoms with E-state index in [-0.39, 0.29) is 17.8 Å². The van der Waals surface area contributed by atoms with Crippen LogP contribution in [0.3, 0.4) is 0 Å². The predicted molar refractivity (Wildman–Crippen MR) is 140 cm³/mol. The minimum absolute atomic E-state index is 0.242. The molecule has 176 valence electrons. The zero-order valence-electron chi connectivity index (χ0n) is 18.0. The van der Waals surface area contributed by atoms with Crippen molar-refractivity contribution in [2.75, 3.05) is 26.9 Å². The van der Waals surface area contributed by atoms with Crippen molar-refractivity contribution in [3.8, 4) is 11.5 Å². The number of methoxy groups -OCH3 is 1. The summed E-state index contributed by atoms with van der Waals surface area (Å²) < 4.78 is 17.6. The lowest BCUT2D eigenvalue weighted by Gasteiger charge is -2.15. The molecule has 2 amide bonds. The summed E-state index contributed by atoms with van der Waals surface area (Å²) in [5.41, 5.74) is 1.53. The highest BCUT2D eigenvalue weighted by molar-refractivity contribution is 14.1. The fourth-order valence-electron chi connectivity index (χ4n) is 3.07. The Morgan fingerprint density at radius 1 is 1.15 bits per heavy atom. The molecule has 0 N–H and O–H groups in total. The first kappa shape index (κ1) is 26.2. The summed E-state index contributed by atoms with van der Waals surface area (Å²) in [6, 6.07) is 8.91. The minimum Gasteiger partial charge on any atom is -0.490 e. The average Bonchev–Trinajstić information content (AvgIpc) is 3.02. The molecular formula is C23H22Cl2INO5S. The third kappa shape index (κ3) is 6.79. The van der Waals surface area contributed by atoms with Gasteiger partial charge in [0.05, 0.1) is 15.1 Å². The number of nitrogens with zero attached hydrogens (tertiary/aromatic N) is 1. The van der Waals surface area contributed by atoms with Gasteiger partial charge in [-0.3, -0.25) is 14.5 Å². The topological polar surface area (TPSA) is 65.1 Å². The van der Waals surface area contributed by atoms with E-state index in [9.17, 15) is 9.59 Å². The minimum atomic E-state index is -0.299. The van der Waals surface area contributed by atoms with Crippen LogP contribution < -0.4 is 9.47 Å². The highest BCUT2D eigenvalue weighted by atomic mass is 127. The predicted octanol–water partition coefficient (Wildman–Crippen LogP) is 6.65. The lowest BCUT2D eigenvalue weighted by molar-refractivity contribution is -0.122. The van der Waals surface area contributed by atoms with Crippen LogP contribution in [0.25, 0.3) is 6.08 Å². The van der Waals surface area contributed by atoms with Crippen molar-refractivity contribution >= 4 is 74.8 Å². The van der Waals surface area contributed by atoms with E-state index in [2.05, 4.69) is 22.6 Å². The molecular weight excluding hydrogens is 600 g/mol. The Hall–Kier alpha value is -1.46. The van der Waals surface area contributed by atoms with Crippen molar-refractivity contribution in [3.05, 3.63) is 60.0 Å². The summed E-state index contributed by atoms with van der Waals surface area (Å²) in [7, 11) is 1.59. The molecule has 1 aliphatic heterocycles. The van der Waals surface area contributed by atoms with Gasteiger partial charge in [-0.05, 0) is 83.6 Å². The number of amides is 2. The van der Waals surface area contributed by atoms with Crippen LogP contribution in [0.2, 0.25) is 10.0 Å². The molecule has 3 rings (SSSR count). The molecule has 1 saturated heterocycles. The van der Waals surface area contributed by atoms with Crippen molar-refractivity contribution in [1.29, 1.82) is 0 Å². The summed E-state index contributed by atoms with van der Waals surface area (Å²) in [6.45, 7) is 3.38. The Bertz CT molecular complexity index is 1080. The van der Waals surface area contributed by atoms with E-state index in [0.717, 1.165) is 26.5 Å². The number of halogens is 3. The fraction of sp³-hybridized carbons (Fsp3) is 0.304. The Labute approximate surface area is 220 Å². The van der Waals surface area contributed by atoms with Crippen LogP contribution in [0.4, 0.5) is 4.79 Å². The molecule has 33 heavy (non-hydrogen) atoms. The maximum Gasteiger partial charge on any atom is 0.293 e. The lowest BCUT2D eigenvalue weighted by atomic mass is 10.1. The van der Waals surface area contributed by atoms with Crippen molar-refractivity contribution < 1.29 is 23.8 Å². The van der Waals surface area contributed by atoms with Gasteiger partial charge < -0.3 is 14.2 Å². The highest BCUT2D eigenvalue weighted by Gasteiger charge is 2.34. The van der Waals surface area contributed by atoms with E-state index in [1.807, 2.05) is 19.1 Å². The number of ether oxygens (including phenoxy) is 3. The quantitative estimate of drug-likeness (QED) is 0.168. The van der Waals surface area contributed by atoms with E-state index in [1.54, 1.807) is 31.4 Å². The number of rotatable bonds is 10. The summed E-state index contributed by atoms with van der Waals surface area (Å²) in [6.07, 6.45) is 2.30. The molecule has 0 bridgehead atoms. The van der Waals surface area contributed by atoms with Crippen LogP contribution in [-0.4, -0.2) is 42.9 Å². The average molecular weight is 622 g/mol. The molecule has 0 spiro atoms. The van der Waals surface area contributed by atoms with E-state index < -0.39 is 0 Å². The van der Waals surface area contributed by atoms with E-state index in [1.165, 1.54) is 4.90 Å². The monoisotopic (exact) mass is 621 g/mol. The van der Waals surface area contributed by atoms with Gasteiger partial charge >= 0.3 is 0 Å². The second-order valence-electron chi connectivity index (χ2n) is 6.97. The molecule has 0 aromatic heterocycles. The first-order valence-electron chi connectivity index (χ1n) is 10.1. The Morgan fingerprint density at radius 3 is 2.64 bits per heavy atom. The van der Waals surface area contributed by atoms with E-state index in [0.29, 0.717) is 52.6 Å². The Morgan fingerprint density at radius 2 is 1.94 bits per heavy atom. The van der Waals surface area contributed by atoms with Gasteiger partial charge in [-0.15, -0.1) is 0 Å². The number of carbonyl (C=O) groups is 2. The van der Waals surface area contributed by atoms with E-state index >= 15 is 0 Å². The summed E-state index contributed by atoms with van der Waals surface area (Å²) in [4.78, 5) is 26.6. The molecule has 6 nitrogen and oxygen atoms in total. The molecule has 10 heteroatoms. The fourth-order valence-corrected chi connectivity index (χ4v) is 5.18. The van der Waals surface area contributed by atoms with Crippen LogP contribution in [0, 0.1) is 3.57 Å². The zero-order valence-corrected chi connectivity index (χ0v) is 22.5. The van der Waals surface area contributed by atoms with Gasteiger partial charge in [0.15, 0.2) is 11.5 Å². The molecule has 0 radical (unpaired) electrons. The van der Waals surface area contributed by atoms with Gasteiger partial charge in [-0.1, -0.05) is 29.3 Å². The Kier molecular flexibility index (Phi) is 9.75. The number of thioether (sulfide) groups is 1. The molecule has 1 aliphatic rings. The van der Waals surface area contributed by atoms with Gasteiger partial charge in [0.1, 0.15) is 6.61 Å². The number of carbonyl (C=O) groups excluding carboxylic acids is 2. The maximum absolute atomic E-state index is 12.7. The SMILES string of the molecule is CCOc1cc(/C=C2/SC(=O)N(CCCOC)C2=O)cc(I)c1OCc1ccc(Cl)cc1Cl. The summed E-state index contributed by atoms with van der Waals surface area (Å²) >= 11 is 15.3. The normalized spacial score (nSPS) is 14.9. The van der Waals surface area contributed by atoms with Crippen LogP contribution in [0.1, 0.15) is 24.5 Å². The number of benzene rings is 2. The highest BCUT2D eigenvalue weighted by Crippen LogP contribution is 2.38. The molecule has 0 unspecified atom stereocenters. The van der Waals surface area contributed by atoms with Crippen molar-refractivity contribution in [2.24, 2.45) is 0 Å². The zero-order chi connectivity index (χ0) is 24.0. The van der Waals surface area contributed by atoms with E-state index in [4.69, 9.17) is 37.4 Å². The van der Waals surface area contributed by atoms with Gasteiger partial charge in [0.2, 0.25) is 0 Å². The van der Waals surface area contributed by atoms with Crippen LogP contribution in [0.5, 0.6) is 11.5 Å². The smallest absolute Gasteiger partial charge is 0.293 e. The van der Waals surface area contributed by atoms with Crippen molar-refractivity contribution in [3.63, 3.8) is 0 Å². The maximum atomic E-state index is 12.7. The van der Waals surface area contributed by atoms with Crippen LogP contribution in [-0.2, 0) is 16.1 Å². The summed E-state index contributed by atoms with van der Waals surface area (Å²) in [5, 5.41) is 0.802. The second kappa shape index (κ2) is 12.3. The van der Waals surface area contributed by atoms with Gasteiger partial charge in [0, 0.05) is 35.9 Å². The number of hydrogen-bond acceptors (Lipinski definition) is 6. The molecule has 0 aliphatic carbocycles. The van der Waals surface area contributed by atoms with Crippen molar-refractivity contribution in [1.82, 2.24) is 4.90 Å². The van der Waals surface area contributed by atoms with Crippen LogP contribution in [0.15, 0.2) is 35.2 Å². The standard InChI is InChI=1S/C23H22Cl2INO5S/c1-3-31-19-10-14(11-20-22(28)27(23(29)33-20)7-4-8-30-2)9-18(26)21(19)32-13-15-5-6-16(24)12-17(15)25/h5-6,9-12H,3-4,7-8,13H2,1-2H3/b20-11+.